The fraction of sp³-hybridized carbons (Fsp3) is 0.833. The standard InChI is InChI=1S/C6H14N2O2.2ClH/c7-4-2-1-3-5(8)6(9)10;;/h5H,1-4,7-8H2,(H,9,10);2*1H/t5-;;/m0../s1/i7+1;;. The Morgan fingerprint density at radius 3 is 2.17 bits per heavy atom. The van der Waals surface area contributed by atoms with E-state index in [2.05, 4.69) is 0 Å². The molecule has 0 fully saturated rings. The maximum atomic E-state index is 10.1. The summed E-state index contributed by atoms with van der Waals surface area (Å²) in [5.41, 5.74) is 10.4. The second-order valence-corrected chi connectivity index (χ2v) is 2.23. The molecule has 0 aliphatic carbocycles. The average molecular weight is 220 g/mol. The van der Waals surface area contributed by atoms with Crippen molar-refractivity contribution in [1.29, 1.82) is 0 Å². The Kier molecular flexibility index (Phi) is 16.4. The van der Waals surface area contributed by atoms with Crippen molar-refractivity contribution in [2.75, 3.05) is 6.54 Å². The van der Waals surface area contributed by atoms with E-state index in [0.29, 0.717) is 13.0 Å². The molecular weight excluding hydrogens is 204 g/mol. The van der Waals surface area contributed by atoms with Crippen LogP contribution in [-0.2, 0) is 4.79 Å². The Balaban J connectivity index is -0.000000405. The van der Waals surface area contributed by atoms with Crippen LogP contribution in [0.3, 0.4) is 0 Å². The zero-order valence-corrected chi connectivity index (χ0v) is 8.37. The zero-order chi connectivity index (χ0) is 7.98. The number of carboxylic acid groups (broad SMARTS) is 1. The molecule has 0 aliphatic heterocycles. The molecule has 0 rings (SSSR count). The molecule has 1 atom stereocenters. The van der Waals surface area contributed by atoms with E-state index in [1.54, 1.807) is 0 Å². The van der Waals surface area contributed by atoms with Crippen LogP contribution in [0.1, 0.15) is 19.3 Å². The van der Waals surface area contributed by atoms with Crippen molar-refractivity contribution in [3.8, 4) is 0 Å². The Morgan fingerprint density at radius 2 is 1.83 bits per heavy atom. The molecule has 0 saturated heterocycles. The SMILES string of the molecule is Cl.Cl.N[C@@H](CCCC[15NH2])C(=O)O. The minimum atomic E-state index is -0.933. The highest BCUT2D eigenvalue weighted by molar-refractivity contribution is 5.85. The lowest BCUT2D eigenvalue weighted by atomic mass is 10.1. The minimum absolute atomic E-state index is 0. The highest BCUT2D eigenvalue weighted by atomic mass is 35.5. The molecule has 0 saturated carbocycles. The molecule has 0 amide bonds. The highest BCUT2D eigenvalue weighted by Crippen LogP contribution is 1.96. The van der Waals surface area contributed by atoms with Gasteiger partial charge in [-0.05, 0) is 19.4 Å². The van der Waals surface area contributed by atoms with Crippen LogP contribution < -0.4 is 11.5 Å². The number of rotatable bonds is 5. The molecule has 76 valence electrons. The average Bonchev–Trinajstić information content (AvgIpc) is 1.88. The monoisotopic (exact) mass is 219 g/mol. The maximum Gasteiger partial charge on any atom is 0.320 e. The minimum Gasteiger partial charge on any atom is -0.480 e. The Bertz CT molecular complexity index is 114. The van der Waals surface area contributed by atoms with Gasteiger partial charge in [0.2, 0.25) is 0 Å². The third-order valence-corrected chi connectivity index (χ3v) is 1.29. The first-order valence-electron chi connectivity index (χ1n) is 3.37. The van der Waals surface area contributed by atoms with Crippen LogP contribution in [0, 0.1) is 0 Å². The van der Waals surface area contributed by atoms with Crippen molar-refractivity contribution in [3.63, 3.8) is 0 Å². The normalized spacial score (nSPS) is 10.8. The van der Waals surface area contributed by atoms with E-state index in [1.165, 1.54) is 0 Å². The molecule has 4 nitrogen and oxygen atoms in total. The summed E-state index contributed by atoms with van der Waals surface area (Å²) in [6.45, 7) is 0.604. The van der Waals surface area contributed by atoms with Crippen LogP contribution in [0.5, 0.6) is 0 Å². The van der Waals surface area contributed by atoms with E-state index < -0.39 is 12.0 Å². The van der Waals surface area contributed by atoms with Gasteiger partial charge in [0, 0.05) is 0 Å². The van der Waals surface area contributed by atoms with Gasteiger partial charge < -0.3 is 16.6 Å². The van der Waals surface area contributed by atoms with E-state index in [0.717, 1.165) is 12.8 Å². The molecule has 0 radical (unpaired) electrons. The second-order valence-electron chi connectivity index (χ2n) is 2.23. The maximum absolute atomic E-state index is 10.1. The molecular formula is C6H16Cl2N2O2. The molecule has 6 heteroatoms. The first kappa shape index (κ1) is 17.9. The van der Waals surface area contributed by atoms with Crippen molar-refractivity contribution in [2.24, 2.45) is 11.5 Å². The number of aliphatic carboxylic acids is 1. The summed E-state index contributed by atoms with van der Waals surface area (Å²) in [4.78, 5) is 10.1. The summed E-state index contributed by atoms with van der Waals surface area (Å²) in [6, 6.07) is -0.716. The van der Waals surface area contributed by atoms with E-state index in [-0.39, 0.29) is 24.8 Å². The third-order valence-electron chi connectivity index (χ3n) is 1.29. The first-order chi connectivity index (χ1) is 4.68. The zero-order valence-electron chi connectivity index (χ0n) is 6.73. The third kappa shape index (κ3) is 9.97. The lowest BCUT2D eigenvalue weighted by molar-refractivity contribution is -0.138. The topological polar surface area (TPSA) is 89.3 Å². The van der Waals surface area contributed by atoms with Crippen LogP contribution in [0.2, 0.25) is 0 Å². The lowest BCUT2D eigenvalue weighted by Crippen LogP contribution is -2.29. The van der Waals surface area contributed by atoms with Crippen LogP contribution in [-0.4, -0.2) is 23.7 Å². The molecule has 12 heavy (non-hydrogen) atoms. The van der Waals surface area contributed by atoms with Crippen molar-refractivity contribution >= 4 is 30.8 Å². The lowest BCUT2D eigenvalue weighted by Gasteiger charge is -2.03. The van der Waals surface area contributed by atoms with Gasteiger partial charge in [0.25, 0.3) is 0 Å². The number of halogens is 2. The molecule has 0 aromatic heterocycles. The van der Waals surface area contributed by atoms with E-state index in [4.69, 9.17) is 16.6 Å². The van der Waals surface area contributed by atoms with Crippen LogP contribution in [0.25, 0.3) is 0 Å². The number of carboxylic acids is 1. The molecule has 0 aromatic carbocycles. The van der Waals surface area contributed by atoms with Gasteiger partial charge >= 0.3 is 5.97 Å². The molecule has 0 spiro atoms. The van der Waals surface area contributed by atoms with E-state index in [1.807, 2.05) is 0 Å². The highest BCUT2D eigenvalue weighted by Gasteiger charge is 2.09. The number of hydrogen-bond donors (Lipinski definition) is 3. The summed E-state index contributed by atoms with van der Waals surface area (Å²) < 4.78 is 0. The van der Waals surface area contributed by atoms with Gasteiger partial charge in [0.1, 0.15) is 6.04 Å². The van der Waals surface area contributed by atoms with Gasteiger partial charge in [0.15, 0.2) is 0 Å². The molecule has 0 bridgehead atoms. The molecule has 0 aliphatic rings. The largest absolute Gasteiger partial charge is 0.480 e. The quantitative estimate of drug-likeness (QED) is 0.461. The van der Waals surface area contributed by atoms with Gasteiger partial charge in [-0.25, -0.2) is 0 Å². The van der Waals surface area contributed by atoms with Gasteiger partial charge in [-0.15, -0.1) is 24.8 Å². The van der Waals surface area contributed by atoms with Crippen LogP contribution in [0.15, 0.2) is 0 Å². The Morgan fingerprint density at radius 1 is 1.33 bits per heavy atom. The number of nitrogens with two attached hydrogens (primary N) is 2. The van der Waals surface area contributed by atoms with Crippen LogP contribution in [0.4, 0.5) is 0 Å². The van der Waals surface area contributed by atoms with Crippen LogP contribution >= 0.6 is 24.8 Å². The predicted molar refractivity (Wildman–Crippen MR) is 53.0 cm³/mol. The van der Waals surface area contributed by atoms with E-state index in [9.17, 15) is 4.79 Å². The van der Waals surface area contributed by atoms with Crippen molar-refractivity contribution < 1.29 is 9.90 Å². The predicted octanol–water partition coefficient (Wildman–Crippen LogP) is 0.371. The smallest absolute Gasteiger partial charge is 0.320 e. The summed E-state index contributed by atoms with van der Waals surface area (Å²) in [6.07, 6.45) is 2.16. The summed E-state index contributed by atoms with van der Waals surface area (Å²) in [5, 5.41) is 8.33. The van der Waals surface area contributed by atoms with E-state index >= 15 is 0 Å². The Labute approximate surface area is 84.5 Å². The fourth-order valence-electron chi connectivity index (χ4n) is 0.632. The van der Waals surface area contributed by atoms with Crippen molar-refractivity contribution in [1.82, 2.24) is 0 Å². The van der Waals surface area contributed by atoms with Crippen molar-refractivity contribution in [3.05, 3.63) is 0 Å². The van der Waals surface area contributed by atoms with Gasteiger partial charge in [-0.1, -0.05) is 6.42 Å². The van der Waals surface area contributed by atoms with Gasteiger partial charge in [-0.3, -0.25) is 4.79 Å². The first-order valence-corrected chi connectivity index (χ1v) is 3.37. The summed E-state index contributed by atoms with van der Waals surface area (Å²) in [7, 11) is 0. The number of unbranched alkanes of at least 4 members (excludes halogenated alkanes) is 1. The fourth-order valence-corrected chi connectivity index (χ4v) is 0.632. The molecule has 0 heterocycles. The van der Waals surface area contributed by atoms with Crippen molar-refractivity contribution in [2.45, 2.75) is 25.3 Å². The van der Waals surface area contributed by atoms with Gasteiger partial charge in [-0.2, -0.15) is 0 Å². The number of carbonyl (C=O) groups is 1. The molecule has 0 aromatic rings. The second kappa shape index (κ2) is 11.0. The summed E-state index contributed by atoms with van der Waals surface area (Å²) in [5.74, 6) is -0.933. The summed E-state index contributed by atoms with van der Waals surface area (Å²) >= 11 is 0. The molecule has 0 unspecified atom stereocenters. The molecule has 5 N–H and O–H groups in total. The van der Waals surface area contributed by atoms with Gasteiger partial charge in [0.05, 0.1) is 0 Å². The number of hydrogen-bond acceptors (Lipinski definition) is 3. The Hall–Kier alpha value is -0.0300.